The lowest BCUT2D eigenvalue weighted by atomic mass is 9.93. The Morgan fingerprint density at radius 2 is 1.94 bits per heavy atom. The topological polar surface area (TPSA) is 30.0 Å². The van der Waals surface area contributed by atoms with E-state index in [0.717, 1.165) is 10.0 Å². The number of ketones is 1. The molecule has 2 aromatic rings. The summed E-state index contributed by atoms with van der Waals surface area (Å²) in [6.45, 7) is 1.88. The van der Waals surface area contributed by atoms with Gasteiger partial charge in [-0.25, -0.2) is 0 Å². The maximum atomic E-state index is 12.4. The Kier molecular flexibility index (Phi) is 4.15. The van der Waals surface area contributed by atoms with Crippen molar-refractivity contribution in [3.8, 4) is 0 Å². The maximum absolute atomic E-state index is 12.4. The lowest BCUT2D eigenvalue weighted by Gasteiger charge is -2.12. The van der Waals surface area contributed by atoms with Crippen LogP contribution in [0.1, 0.15) is 28.8 Å². The fraction of sp³-hybridized carbons (Fsp3) is 0.143. The predicted molar refractivity (Wildman–Crippen MR) is 76.1 cm³/mol. The third-order valence-corrected chi connectivity index (χ3v) is 3.72. The van der Waals surface area contributed by atoms with Crippen LogP contribution >= 0.6 is 27.5 Å². The molecule has 0 aliphatic heterocycles. The molecular weight excluding hydrogens is 314 g/mol. The van der Waals surface area contributed by atoms with Crippen molar-refractivity contribution in [2.24, 2.45) is 0 Å². The van der Waals surface area contributed by atoms with E-state index in [1.807, 2.05) is 19.1 Å². The summed E-state index contributed by atoms with van der Waals surface area (Å²) in [6.07, 6.45) is 3.37. The average Bonchev–Trinajstić information content (AvgIpc) is 2.41. The number of hydrogen-bond acceptors (Lipinski definition) is 2. The van der Waals surface area contributed by atoms with E-state index in [9.17, 15) is 4.79 Å². The number of rotatable bonds is 3. The molecular formula is C14H11BrClNO. The Balaban J connectivity index is 2.34. The van der Waals surface area contributed by atoms with Gasteiger partial charge in [0.1, 0.15) is 0 Å². The predicted octanol–water partition coefficient (Wildman–Crippen LogP) is 4.48. The second-order valence-corrected chi connectivity index (χ2v) is 5.28. The van der Waals surface area contributed by atoms with Crippen LogP contribution in [-0.4, -0.2) is 10.8 Å². The fourth-order valence-corrected chi connectivity index (χ4v) is 2.34. The second kappa shape index (κ2) is 5.63. The average molecular weight is 325 g/mol. The van der Waals surface area contributed by atoms with E-state index in [-0.39, 0.29) is 11.7 Å². The molecule has 0 aliphatic carbocycles. The van der Waals surface area contributed by atoms with Gasteiger partial charge < -0.3 is 0 Å². The van der Waals surface area contributed by atoms with E-state index in [2.05, 4.69) is 20.9 Å². The molecule has 0 radical (unpaired) electrons. The summed E-state index contributed by atoms with van der Waals surface area (Å²) in [5.41, 5.74) is 1.55. The number of benzene rings is 1. The summed E-state index contributed by atoms with van der Waals surface area (Å²) >= 11 is 9.31. The van der Waals surface area contributed by atoms with Crippen molar-refractivity contribution in [1.82, 2.24) is 4.98 Å². The largest absolute Gasteiger partial charge is 0.293 e. The van der Waals surface area contributed by atoms with Crippen LogP contribution in [-0.2, 0) is 0 Å². The Morgan fingerprint density at radius 3 is 2.61 bits per heavy atom. The number of pyridine rings is 1. The molecule has 0 saturated heterocycles. The van der Waals surface area contributed by atoms with Crippen LogP contribution in [0, 0.1) is 0 Å². The Hall–Kier alpha value is -1.19. The van der Waals surface area contributed by atoms with Gasteiger partial charge in [-0.1, -0.05) is 34.5 Å². The third-order valence-electron chi connectivity index (χ3n) is 2.79. The molecule has 92 valence electrons. The van der Waals surface area contributed by atoms with Gasteiger partial charge in [0.05, 0.1) is 0 Å². The lowest BCUT2D eigenvalue weighted by molar-refractivity contribution is 0.0965. The van der Waals surface area contributed by atoms with E-state index < -0.39 is 0 Å². The normalized spacial score (nSPS) is 12.2. The molecule has 0 spiro atoms. The van der Waals surface area contributed by atoms with Gasteiger partial charge in [0.2, 0.25) is 0 Å². The molecule has 0 saturated carbocycles. The van der Waals surface area contributed by atoms with Crippen molar-refractivity contribution >= 4 is 33.3 Å². The molecule has 4 heteroatoms. The van der Waals surface area contributed by atoms with Crippen LogP contribution in [0.5, 0.6) is 0 Å². The number of halogens is 2. The first kappa shape index (κ1) is 13.2. The fourth-order valence-electron chi connectivity index (χ4n) is 1.72. The first-order valence-corrected chi connectivity index (χ1v) is 6.66. The second-order valence-electron chi connectivity index (χ2n) is 3.99. The molecule has 2 rings (SSSR count). The van der Waals surface area contributed by atoms with Crippen LogP contribution < -0.4 is 0 Å². The van der Waals surface area contributed by atoms with E-state index in [0.29, 0.717) is 10.6 Å². The third kappa shape index (κ3) is 2.79. The minimum absolute atomic E-state index is 0.0376. The number of aromatic nitrogens is 1. The van der Waals surface area contributed by atoms with Gasteiger partial charge in [-0.3, -0.25) is 9.78 Å². The molecule has 0 fully saturated rings. The zero-order chi connectivity index (χ0) is 13.1. The van der Waals surface area contributed by atoms with Crippen molar-refractivity contribution in [3.05, 3.63) is 63.3 Å². The monoisotopic (exact) mass is 323 g/mol. The summed E-state index contributed by atoms with van der Waals surface area (Å²) in [4.78, 5) is 16.4. The number of hydrogen-bond donors (Lipinski definition) is 0. The zero-order valence-corrected chi connectivity index (χ0v) is 12.1. The summed E-state index contributed by atoms with van der Waals surface area (Å²) in [5.74, 6) is -0.182. The Labute approximate surface area is 119 Å². The van der Waals surface area contributed by atoms with Crippen LogP contribution in [0.3, 0.4) is 0 Å². The van der Waals surface area contributed by atoms with Gasteiger partial charge in [-0.05, 0) is 35.9 Å². The van der Waals surface area contributed by atoms with Gasteiger partial charge in [0.25, 0.3) is 0 Å². The summed E-state index contributed by atoms with van der Waals surface area (Å²) < 4.78 is 0.762. The van der Waals surface area contributed by atoms with Crippen molar-refractivity contribution in [1.29, 1.82) is 0 Å². The molecule has 1 unspecified atom stereocenters. The number of Topliss-reactive ketones (excluding diaryl/α,β-unsaturated/α-hetero) is 1. The highest BCUT2D eigenvalue weighted by Gasteiger charge is 2.19. The highest BCUT2D eigenvalue weighted by molar-refractivity contribution is 9.10. The first-order chi connectivity index (χ1) is 8.59. The minimum Gasteiger partial charge on any atom is -0.293 e. The van der Waals surface area contributed by atoms with Crippen molar-refractivity contribution in [2.45, 2.75) is 12.8 Å². The van der Waals surface area contributed by atoms with Gasteiger partial charge in [-0.2, -0.15) is 0 Å². The van der Waals surface area contributed by atoms with Crippen LogP contribution in [0.15, 0.2) is 47.2 Å². The zero-order valence-electron chi connectivity index (χ0n) is 9.73. The summed E-state index contributed by atoms with van der Waals surface area (Å²) in [5, 5.41) is 0.559. The lowest BCUT2D eigenvalue weighted by Crippen LogP contribution is -2.10. The molecule has 1 aromatic heterocycles. The first-order valence-electron chi connectivity index (χ1n) is 5.49. The molecule has 0 N–H and O–H groups in total. The molecule has 0 amide bonds. The molecule has 0 bridgehead atoms. The van der Waals surface area contributed by atoms with Gasteiger partial charge in [0.15, 0.2) is 5.78 Å². The van der Waals surface area contributed by atoms with Crippen LogP contribution in [0.25, 0.3) is 0 Å². The maximum Gasteiger partial charge on any atom is 0.171 e. The Bertz CT molecular complexity index is 571. The van der Waals surface area contributed by atoms with Crippen molar-refractivity contribution in [2.75, 3.05) is 0 Å². The van der Waals surface area contributed by atoms with Crippen LogP contribution in [0.2, 0.25) is 5.02 Å². The number of carbonyl (C=O) groups excluding carboxylic acids is 1. The smallest absolute Gasteiger partial charge is 0.171 e. The molecule has 1 atom stereocenters. The van der Waals surface area contributed by atoms with E-state index in [1.165, 1.54) is 0 Å². The number of carbonyl (C=O) groups is 1. The van der Waals surface area contributed by atoms with Gasteiger partial charge >= 0.3 is 0 Å². The SMILES string of the molecule is CC(C(=O)c1cc(Cl)ccc1Br)c1ccncc1. The van der Waals surface area contributed by atoms with Gasteiger partial charge in [0, 0.05) is 33.4 Å². The van der Waals surface area contributed by atoms with Crippen LogP contribution in [0.4, 0.5) is 0 Å². The minimum atomic E-state index is -0.220. The highest BCUT2D eigenvalue weighted by atomic mass is 79.9. The van der Waals surface area contributed by atoms with Crippen molar-refractivity contribution in [3.63, 3.8) is 0 Å². The quantitative estimate of drug-likeness (QED) is 0.779. The molecule has 18 heavy (non-hydrogen) atoms. The molecule has 1 heterocycles. The van der Waals surface area contributed by atoms with E-state index in [4.69, 9.17) is 11.6 Å². The molecule has 1 aromatic carbocycles. The molecule has 0 aliphatic rings. The Morgan fingerprint density at radius 1 is 1.28 bits per heavy atom. The van der Waals surface area contributed by atoms with E-state index >= 15 is 0 Å². The molecule has 2 nitrogen and oxygen atoms in total. The number of nitrogens with zero attached hydrogens (tertiary/aromatic N) is 1. The van der Waals surface area contributed by atoms with Gasteiger partial charge in [-0.15, -0.1) is 0 Å². The highest BCUT2D eigenvalue weighted by Crippen LogP contribution is 2.27. The summed E-state index contributed by atoms with van der Waals surface area (Å²) in [7, 11) is 0. The van der Waals surface area contributed by atoms with Crippen molar-refractivity contribution < 1.29 is 4.79 Å². The van der Waals surface area contributed by atoms with E-state index in [1.54, 1.807) is 30.6 Å². The standard InChI is InChI=1S/C14H11BrClNO/c1-9(10-4-6-17-7-5-10)14(18)12-8-11(16)2-3-13(12)15/h2-9H,1H3. The summed E-state index contributed by atoms with van der Waals surface area (Å²) in [6, 6.07) is 8.92.